The molecule has 1 aromatic heterocycles. The summed E-state index contributed by atoms with van der Waals surface area (Å²) in [6.45, 7) is 6.59. The Balaban J connectivity index is 2.16. The van der Waals surface area contributed by atoms with Gasteiger partial charge in [-0.1, -0.05) is 13.8 Å². The first kappa shape index (κ1) is 12.8. The van der Waals surface area contributed by atoms with Crippen molar-refractivity contribution in [3.05, 3.63) is 18.3 Å². The Morgan fingerprint density at radius 2 is 2.19 bits per heavy atom. The number of pyridine rings is 1. The lowest BCUT2D eigenvalue weighted by atomic mass is 10.2. The molecule has 1 N–H and O–H groups in total. The minimum absolute atomic E-state index is 0.586. The normalized spacial score (nSPS) is 10.5. The molecule has 0 aliphatic carbocycles. The van der Waals surface area contributed by atoms with Crippen molar-refractivity contribution in [1.82, 2.24) is 4.98 Å². The van der Waals surface area contributed by atoms with E-state index in [2.05, 4.69) is 24.1 Å². The molecular formula is C12H20N2O2. The lowest BCUT2D eigenvalue weighted by Crippen LogP contribution is -2.12. The Morgan fingerprint density at radius 1 is 1.38 bits per heavy atom. The number of nitrogens with one attached hydrogen (secondary N) is 1. The van der Waals surface area contributed by atoms with Crippen molar-refractivity contribution in [3.63, 3.8) is 0 Å². The smallest absolute Gasteiger partial charge is 0.213 e. The van der Waals surface area contributed by atoms with Gasteiger partial charge in [0, 0.05) is 19.2 Å². The van der Waals surface area contributed by atoms with Crippen LogP contribution in [0.15, 0.2) is 18.3 Å². The second-order valence-corrected chi connectivity index (χ2v) is 3.98. The third-order valence-electron chi connectivity index (χ3n) is 1.97. The van der Waals surface area contributed by atoms with Crippen LogP contribution in [0.4, 0.5) is 5.69 Å². The highest BCUT2D eigenvalue weighted by Crippen LogP contribution is 2.10. The fourth-order valence-corrected chi connectivity index (χ4v) is 1.19. The fraction of sp³-hybridized carbons (Fsp3) is 0.583. The Bertz CT molecular complexity index is 286. The number of hydrogen-bond acceptors (Lipinski definition) is 4. The molecule has 4 nitrogen and oxygen atoms in total. The lowest BCUT2D eigenvalue weighted by molar-refractivity contribution is 0.118. The van der Waals surface area contributed by atoms with Crippen LogP contribution in [0.25, 0.3) is 0 Å². The monoisotopic (exact) mass is 224 g/mol. The van der Waals surface area contributed by atoms with Crippen LogP contribution >= 0.6 is 0 Å². The molecule has 0 spiro atoms. The van der Waals surface area contributed by atoms with Gasteiger partial charge in [-0.05, 0) is 12.0 Å². The molecule has 0 aliphatic heterocycles. The summed E-state index contributed by atoms with van der Waals surface area (Å²) >= 11 is 0. The summed E-state index contributed by atoms with van der Waals surface area (Å²) in [5.41, 5.74) is 0.981. The van der Waals surface area contributed by atoms with Gasteiger partial charge >= 0.3 is 0 Å². The number of ether oxygens (including phenoxy) is 2. The maximum absolute atomic E-state index is 5.45. The maximum atomic E-state index is 5.45. The first-order chi connectivity index (χ1) is 7.72. The third-order valence-corrected chi connectivity index (χ3v) is 1.97. The van der Waals surface area contributed by atoms with E-state index in [1.165, 1.54) is 0 Å². The van der Waals surface area contributed by atoms with Crippen LogP contribution in [0, 0.1) is 5.92 Å². The average Bonchev–Trinajstić information content (AvgIpc) is 2.29. The largest absolute Gasteiger partial charge is 0.481 e. The summed E-state index contributed by atoms with van der Waals surface area (Å²) in [5.74, 6) is 1.21. The predicted octanol–water partition coefficient (Wildman–Crippen LogP) is 2.17. The van der Waals surface area contributed by atoms with Crippen molar-refractivity contribution in [3.8, 4) is 5.88 Å². The van der Waals surface area contributed by atoms with Crippen LogP contribution in [0.2, 0.25) is 0 Å². The van der Waals surface area contributed by atoms with Crippen LogP contribution in [-0.4, -0.2) is 31.9 Å². The SMILES string of the molecule is COc1ccc(NCCOCC(C)C)cn1. The number of aromatic nitrogens is 1. The van der Waals surface area contributed by atoms with E-state index in [1.54, 1.807) is 13.3 Å². The van der Waals surface area contributed by atoms with E-state index in [-0.39, 0.29) is 0 Å². The molecule has 4 heteroatoms. The Labute approximate surface area is 97.0 Å². The number of anilines is 1. The molecule has 1 rings (SSSR count). The van der Waals surface area contributed by atoms with Gasteiger partial charge in [0.15, 0.2) is 0 Å². The Morgan fingerprint density at radius 3 is 2.75 bits per heavy atom. The van der Waals surface area contributed by atoms with Crippen molar-refractivity contribution in [2.45, 2.75) is 13.8 Å². The summed E-state index contributed by atoms with van der Waals surface area (Å²) < 4.78 is 10.4. The van der Waals surface area contributed by atoms with E-state index >= 15 is 0 Å². The zero-order valence-electron chi connectivity index (χ0n) is 10.2. The first-order valence-electron chi connectivity index (χ1n) is 5.54. The van der Waals surface area contributed by atoms with E-state index in [0.29, 0.717) is 18.4 Å². The summed E-state index contributed by atoms with van der Waals surface area (Å²) in [6, 6.07) is 3.77. The Hall–Kier alpha value is -1.29. The molecule has 0 saturated heterocycles. The van der Waals surface area contributed by atoms with Crippen molar-refractivity contribution in [2.75, 3.05) is 32.2 Å². The molecule has 0 aliphatic rings. The van der Waals surface area contributed by atoms with Crippen LogP contribution in [0.3, 0.4) is 0 Å². The zero-order chi connectivity index (χ0) is 11.8. The van der Waals surface area contributed by atoms with Gasteiger partial charge in [-0.2, -0.15) is 0 Å². The molecule has 1 aromatic rings. The van der Waals surface area contributed by atoms with Gasteiger partial charge < -0.3 is 14.8 Å². The third kappa shape index (κ3) is 4.98. The zero-order valence-corrected chi connectivity index (χ0v) is 10.2. The predicted molar refractivity (Wildman–Crippen MR) is 64.9 cm³/mol. The van der Waals surface area contributed by atoms with Crippen LogP contribution in [0.5, 0.6) is 5.88 Å². The molecule has 0 aromatic carbocycles. The number of rotatable bonds is 7. The van der Waals surface area contributed by atoms with Gasteiger partial charge in [0.1, 0.15) is 0 Å². The van der Waals surface area contributed by atoms with Gasteiger partial charge in [0.25, 0.3) is 0 Å². The average molecular weight is 224 g/mol. The summed E-state index contributed by atoms with van der Waals surface area (Å²) in [5, 5.41) is 3.23. The fourth-order valence-electron chi connectivity index (χ4n) is 1.19. The maximum Gasteiger partial charge on any atom is 0.213 e. The molecule has 0 fully saturated rings. The number of hydrogen-bond donors (Lipinski definition) is 1. The van der Waals surface area contributed by atoms with Crippen molar-refractivity contribution in [1.29, 1.82) is 0 Å². The highest BCUT2D eigenvalue weighted by Gasteiger charge is 1.96. The topological polar surface area (TPSA) is 43.4 Å². The quantitative estimate of drug-likeness (QED) is 0.721. The molecule has 0 amide bonds. The van der Waals surface area contributed by atoms with Gasteiger partial charge in [0.05, 0.1) is 25.6 Å². The van der Waals surface area contributed by atoms with Crippen LogP contribution < -0.4 is 10.1 Å². The highest BCUT2D eigenvalue weighted by molar-refractivity contribution is 5.41. The summed E-state index contributed by atoms with van der Waals surface area (Å²) in [4.78, 5) is 4.10. The van der Waals surface area contributed by atoms with E-state index in [1.807, 2.05) is 12.1 Å². The van der Waals surface area contributed by atoms with Gasteiger partial charge in [-0.15, -0.1) is 0 Å². The molecule has 0 radical (unpaired) electrons. The molecular weight excluding hydrogens is 204 g/mol. The molecule has 16 heavy (non-hydrogen) atoms. The van der Waals surface area contributed by atoms with Crippen LogP contribution in [0.1, 0.15) is 13.8 Å². The number of nitrogens with zero attached hydrogens (tertiary/aromatic N) is 1. The standard InChI is InChI=1S/C12H20N2O2/c1-10(2)9-16-7-6-13-11-4-5-12(15-3)14-8-11/h4-5,8,10,13H,6-7,9H2,1-3H3. The molecule has 90 valence electrons. The van der Waals surface area contributed by atoms with Crippen molar-refractivity contribution in [2.24, 2.45) is 5.92 Å². The summed E-state index contributed by atoms with van der Waals surface area (Å²) in [7, 11) is 1.61. The lowest BCUT2D eigenvalue weighted by Gasteiger charge is -2.08. The molecule has 0 saturated carbocycles. The minimum Gasteiger partial charge on any atom is -0.481 e. The van der Waals surface area contributed by atoms with E-state index in [4.69, 9.17) is 9.47 Å². The molecule has 0 atom stereocenters. The van der Waals surface area contributed by atoms with Gasteiger partial charge in [0.2, 0.25) is 5.88 Å². The summed E-state index contributed by atoms with van der Waals surface area (Å²) in [6.07, 6.45) is 1.75. The van der Waals surface area contributed by atoms with E-state index in [9.17, 15) is 0 Å². The van der Waals surface area contributed by atoms with Crippen molar-refractivity contribution < 1.29 is 9.47 Å². The molecule has 1 heterocycles. The molecule has 0 bridgehead atoms. The van der Waals surface area contributed by atoms with E-state index in [0.717, 1.165) is 18.8 Å². The second kappa shape index (κ2) is 7.06. The Kier molecular flexibility index (Phi) is 5.64. The van der Waals surface area contributed by atoms with Gasteiger partial charge in [-0.3, -0.25) is 0 Å². The molecule has 0 unspecified atom stereocenters. The van der Waals surface area contributed by atoms with Gasteiger partial charge in [-0.25, -0.2) is 4.98 Å². The first-order valence-corrected chi connectivity index (χ1v) is 5.54. The highest BCUT2D eigenvalue weighted by atomic mass is 16.5. The minimum atomic E-state index is 0.586. The number of methoxy groups -OCH3 is 1. The second-order valence-electron chi connectivity index (χ2n) is 3.98. The van der Waals surface area contributed by atoms with E-state index < -0.39 is 0 Å². The van der Waals surface area contributed by atoms with Crippen LogP contribution in [-0.2, 0) is 4.74 Å². The van der Waals surface area contributed by atoms with Crippen molar-refractivity contribution >= 4 is 5.69 Å².